The molecule has 3 atom stereocenters. The number of aromatic nitrogens is 1. The van der Waals surface area contributed by atoms with Crippen molar-refractivity contribution >= 4 is 11.8 Å². The van der Waals surface area contributed by atoms with Crippen LogP contribution in [-0.4, -0.2) is 78.1 Å². The normalized spacial score (nSPS) is 21.7. The lowest BCUT2D eigenvalue weighted by atomic mass is 9.85. The molecule has 3 fully saturated rings. The molecule has 244 valence electrons. The van der Waals surface area contributed by atoms with Crippen LogP contribution in [0.25, 0.3) is 11.1 Å². The largest absolute Gasteiger partial charge is 0.401 e. The smallest absolute Gasteiger partial charge is 0.246 e. The number of likely N-dealkylation sites (tertiary alicyclic amines) is 1. The molecule has 3 heterocycles. The van der Waals surface area contributed by atoms with Crippen molar-refractivity contribution in [1.29, 1.82) is 0 Å². The van der Waals surface area contributed by atoms with Gasteiger partial charge in [-0.15, -0.1) is 0 Å². The molecule has 3 aliphatic rings. The van der Waals surface area contributed by atoms with Gasteiger partial charge in [0.1, 0.15) is 12.1 Å². The standard InChI is InChI=1S/C36H52N6O3/c1-36(2,3)33(39-24-30(37)28-8-5-4-6-9-28)35(44)42-19-7-10-32(42)34(43)40-31(25-41-20-22-45-23-21-41)29-13-11-26(12-14-29)27-15-17-38-18-16-27/h11-18,24,28,31-33,39H,4-10,19-23,25,37H2,1-3H3,(H,40,43)/b30-24-. The average Bonchev–Trinajstić information content (AvgIpc) is 3.56. The summed E-state index contributed by atoms with van der Waals surface area (Å²) in [4.78, 5) is 36.4. The molecule has 9 heteroatoms. The molecule has 2 amide bonds. The first-order valence-electron chi connectivity index (χ1n) is 16.8. The van der Waals surface area contributed by atoms with Crippen LogP contribution in [0, 0.1) is 11.3 Å². The Morgan fingerprint density at radius 1 is 0.956 bits per heavy atom. The molecular weight excluding hydrogens is 564 g/mol. The van der Waals surface area contributed by atoms with E-state index in [4.69, 9.17) is 10.5 Å². The lowest BCUT2D eigenvalue weighted by Crippen LogP contribution is -2.56. The van der Waals surface area contributed by atoms with E-state index in [0.29, 0.717) is 38.6 Å². The number of nitrogens with zero attached hydrogens (tertiary/aromatic N) is 3. The Hall–Kier alpha value is -3.43. The highest BCUT2D eigenvalue weighted by Crippen LogP contribution is 2.30. The van der Waals surface area contributed by atoms with E-state index in [1.54, 1.807) is 17.3 Å². The number of carbonyl (C=O) groups excluding carboxylic acids is 2. The minimum absolute atomic E-state index is 0.0423. The van der Waals surface area contributed by atoms with E-state index in [1.807, 2.05) is 18.3 Å². The molecule has 5 rings (SSSR count). The highest BCUT2D eigenvalue weighted by Gasteiger charge is 2.41. The van der Waals surface area contributed by atoms with Crippen molar-refractivity contribution < 1.29 is 14.3 Å². The summed E-state index contributed by atoms with van der Waals surface area (Å²) < 4.78 is 5.58. The van der Waals surface area contributed by atoms with Crippen LogP contribution >= 0.6 is 0 Å². The number of ether oxygens (including phenoxy) is 1. The highest BCUT2D eigenvalue weighted by atomic mass is 16.5. The van der Waals surface area contributed by atoms with Crippen molar-refractivity contribution in [2.45, 2.75) is 83.8 Å². The van der Waals surface area contributed by atoms with Crippen molar-refractivity contribution in [2.75, 3.05) is 39.4 Å². The van der Waals surface area contributed by atoms with Crippen LogP contribution in [0.1, 0.15) is 77.3 Å². The first-order valence-corrected chi connectivity index (χ1v) is 16.8. The van der Waals surface area contributed by atoms with Crippen LogP contribution in [0.5, 0.6) is 0 Å². The summed E-state index contributed by atoms with van der Waals surface area (Å²) in [6.07, 6.45) is 12.8. The van der Waals surface area contributed by atoms with Crippen LogP contribution in [0.4, 0.5) is 0 Å². The van der Waals surface area contributed by atoms with Gasteiger partial charge >= 0.3 is 0 Å². The number of nitrogens with two attached hydrogens (primary N) is 1. The summed E-state index contributed by atoms with van der Waals surface area (Å²) in [5.41, 5.74) is 10.2. The van der Waals surface area contributed by atoms with Gasteiger partial charge in [0, 0.05) is 50.5 Å². The van der Waals surface area contributed by atoms with E-state index in [2.05, 4.69) is 65.6 Å². The summed E-state index contributed by atoms with van der Waals surface area (Å²) >= 11 is 0. The monoisotopic (exact) mass is 616 g/mol. The summed E-state index contributed by atoms with van der Waals surface area (Å²) in [6.45, 7) is 10.5. The number of carbonyl (C=O) groups is 2. The maximum Gasteiger partial charge on any atom is 0.246 e. The predicted octanol–water partition coefficient (Wildman–Crippen LogP) is 4.61. The van der Waals surface area contributed by atoms with Gasteiger partial charge < -0.3 is 26.0 Å². The predicted molar refractivity (Wildman–Crippen MR) is 178 cm³/mol. The van der Waals surface area contributed by atoms with Crippen LogP contribution in [-0.2, 0) is 14.3 Å². The fourth-order valence-corrected chi connectivity index (χ4v) is 6.89. The molecule has 4 N–H and O–H groups in total. The lowest BCUT2D eigenvalue weighted by Gasteiger charge is -2.36. The number of benzene rings is 1. The number of pyridine rings is 1. The molecule has 1 aromatic heterocycles. The molecular formula is C36H52N6O3. The summed E-state index contributed by atoms with van der Waals surface area (Å²) in [6, 6.07) is 11.2. The first kappa shape index (κ1) is 32.9. The molecule has 2 aromatic rings. The first-order chi connectivity index (χ1) is 21.7. The third-order valence-corrected chi connectivity index (χ3v) is 9.63. The maximum atomic E-state index is 14.1. The summed E-state index contributed by atoms with van der Waals surface area (Å²) in [5.74, 6) is 0.232. The Bertz CT molecular complexity index is 1280. The average molecular weight is 617 g/mol. The Labute approximate surface area is 269 Å². The molecule has 1 aliphatic carbocycles. The quantitative estimate of drug-likeness (QED) is 0.357. The lowest BCUT2D eigenvalue weighted by molar-refractivity contribution is -0.142. The number of allylic oxidation sites excluding steroid dienone is 1. The van der Waals surface area contributed by atoms with Gasteiger partial charge in [0.25, 0.3) is 0 Å². The zero-order valence-corrected chi connectivity index (χ0v) is 27.3. The van der Waals surface area contributed by atoms with E-state index < -0.39 is 12.1 Å². The number of morpholine rings is 1. The van der Waals surface area contributed by atoms with Gasteiger partial charge in [-0.05, 0) is 65.8 Å². The van der Waals surface area contributed by atoms with Crippen molar-refractivity contribution in [2.24, 2.45) is 17.1 Å². The van der Waals surface area contributed by atoms with Crippen LogP contribution in [0.3, 0.4) is 0 Å². The van der Waals surface area contributed by atoms with Crippen molar-refractivity contribution in [1.82, 2.24) is 25.4 Å². The van der Waals surface area contributed by atoms with Crippen LogP contribution < -0.4 is 16.4 Å². The zero-order valence-electron chi connectivity index (χ0n) is 27.3. The van der Waals surface area contributed by atoms with Gasteiger partial charge in [-0.2, -0.15) is 0 Å². The van der Waals surface area contributed by atoms with E-state index in [0.717, 1.165) is 54.7 Å². The number of hydrogen-bond donors (Lipinski definition) is 3. The molecule has 0 bridgehead atoms. The maximum absolute atomic E-state index is 14.1. The third-order valence-electron chi connectivity index (χ3n) is 9.63. The van der Waals surface area contributed by atoms with E-state index >= 15 is 0 Å². The summed E-state index contributed by atoms with van der Waals surface area (Å²) in [5, 5.41) is 6.76. The number of amides is 2. The van der Waals surface area contributed by atoms with E-state index in [-0.39, 0.29) is 23.3 Å². The molecule has 0 spiro atoms. The van der Waals surface area contributed by atoms with Gasteiger partial charge in [0.2, 0.25) is 11.8 Å². The second kappa shape index (κ2) is 15.2. The minimum Gasteiger partial charge on any atom is -0.401 e. The number of rotatable bonds is 10. The van der Waals surface area contributed by atoms with Gasteiger partial charge in [-0.25, -0.2) is 0 Å². The number of nitrogens with one attached hydrogen (secondary N) is 2. The molecule has 0 radical (unpaired) electrons. The van der Waals surface area contributed by atoms with Gasteiger partial charge in [0.05, 0.1) is 19.3 Å². The Morgan fingerprint density at radius 2 is 1.62 bits per heavy atom. The highest BCUT2D eigenvalue weighted by molar-refractivity contribution is 5.91. The molecule has 3 unspecified atom stereocenters. The number of hydrogen-bond acceptors (Lipinski definition) is 7. The molecule has 45 heavy (non-hydrogen) atoms. The minimum atomic E-state index is -0.507. The molecule has 2 aliphatic heterocycles. The van der Waals surface area contributed by atoms with Crippen molar-refractivity contribution in [3.8, 4) is 11.1 Å². The molecule has 2 saturated heterocycles. The zero-order chi connectivity index (χ0) is 31.8. The third kappa shape index (κ3) is 8.64. The SMILES string of the molecule is CC(C)(C)C(N/C=C(\N)C1CCCCC1)C(=O)N1CCCC1C(=O)NC(CN1CCOCC1)c1ccc(-c2ccncc2)cc1. The second-order valence-electron chi connectivity index (χ2n) is 14.0. The van der Waals surface area contributed by atoms with Crippen molar-refractivity contribution in [3.05, 3.63) is 66.3 Å². The second-order valence-corrected chi connectivity index (χ2v) is 14.0. The topological polar surface area (TPSA) is 113 Å². The van der Waals surface area contributed by atoms with Crippen LogP contribution in [0.15, 0.2) is 60.7 Å². The Morgan fingerprint density at radius 3 is 2.29 bits per heavy atom. The molecule has 1 saturated carbocycles. The van der Waals surface area contributed by atoms with E-state index in [1.165, 1.54) is 19.3 Å². The van der Waals surface area contributed by atoms with Crippen molar-refractivity contribution in [3.63, 3.8) is 0 Å². The summed E-state index contributed by atoms with van der Waals surface area (Å²) in [7, 11) is 0. The van der Waals surface area contributed by atoms with Gasteiger partial charge in [0.15, 0.2) is 0 Å². The van der Waals surface area contributed by atoms with E-state index in [9.17, 15) is 9.59 Å². The molecule has 9 nitrogen and oxygen atoms in total. The van der Waals surface area contributed by atoms with Gasteiger partial charge in [-0.3, -0.25) is 19.5 Å². The fraction of sp³-hybridized carbons (Fsp3) is 0.583. The Kier molecular flexibility index (Phi) is 11.2. The molecule has 1 aromatic carbocycles. The Balaban J connectivity index is 1.31. The van der Waals surface area contributed by atoms with Crippen LogP contribution in [0.2, 0.25) is 0 Å². The van der Waals surface area contributed by atoms with Gasteiger partial charge in [-0.1, -0.05) is 64.3 Å². The fourth-order valence-electron chi connectivity index (χ4n) is 6.89.